The van der Waals surface area contributed by atoms with E-state index < -0.39 is 69.1 Å². The van der Waals surface area contributed by atoms with Gasteiger partial charge in [0, 0.05) is 67.7 Å². The fourth-order valence-corrected chi connectivity index (χ4v) is 5.57. The van der Waals surface area contributed by atoms with E-state index in [2.05, 4.69) is 0 Å². The van der Waals surface area contributed by atoms with Gasteiger partial charge in [-0.1, -0.05) is 12.1 Å². The molecule has 0 aliphatic heterocycles. The highest BCUT2D eigenvalue weighted by atomic mass is 16.6. The SMILES string of the molecule is CN(C)c1cc(-c2cccc([N+](=O)[O-])c2)c(O)c2c1[CH]C1[CH]C3CC(=O)C(C(N)=O)=C(O)[C@@]3(O)C(=O)C1=C2O. The van der Waals surface area contributed by atoms with Crippen LogP contribution in [0.15, 0.2) is 47.2 Å². The van der Waals surface area contributed by atoms with E-state index in [1.165, 1.54) is 30.7 Å². The Bertz CT molecular complexity index is 1570. The summed E-state index contributed by atoms with van der Waals surface area (Å²) < 4.78 is 0. The molecule has 0 bridgehead atoms. The Morgan fingerprint density at radius 2 is 1.87 bits per heavy atom. The van der Waals surface area contributed by atoms with Crippen molar-refractivity contribution in [2.24, 2.45) is 17.6 Å². The molecule has 3 aliphatic rings. The number of nitro groups is 1. The van der Waals surface area contributed by atoms with Crippen molar-refractivity contribution in [2.45, 2.75) is 12.0 Å². The van der Waals surface area contributed by atoms with Gasteiger partial charge >= 0.3 is 0 Å². The molecule has 2 radical (unpaired) electrons. The molecule has 2 aromatic carbocycles. The summed E-state index contributed by atoms with van der Waals surface area (Å²) in [5.74, 6) is -7.81. The molecule has 0 saturated heterocycles. The number of aromatic hydroxyl groups is 1. The Morgan fingerprint density at radius 3 is 2.49 bits per heavy atom. The minimum Gasteiger partial charge on any atom is -0.508 e. The third kappa shape index (κ3) is 3.59. The van der Waals surface area contributed by atoms with E-state index in [1.54, 1.807) is 31.5 Å². The lowest BCUT2D eigenvalue weighted by Crippen LogP contribution is -2.58. The van der Waals surface area contributed by atoms with E-state index in [0.29, 0.717) is 11.3 Å². The zero-order chi connectivity index (χ0) is 28.5. The van der Waals surface area contributed by atoms with Crippen LogP contribution in [-0.4, -0.2) is 62.5 Å². The smallest absolute Gasteiger partial charge is 0.270 e. The summed E-state index contributed by atoms with van der Waals surface area (Å²) in [7, 11) is 3.41. The third-order valence-corrected chi connectivity index (χ3v) is 7.43. The number of amides is 1. The Morgan fingerprint density at radius 1 is 1.18 bits per heavy atom. The lowest BCUT2D eigenvalue weighted by molar-refractivity contribution is -0.384. The van der Waals surface area contributed by atoms with Crippen molar-refractivity contribution >= 4 is 34.6 Å². The molecule has 6 N–H and O–H groups in total. The quantitative estimate of drug-likeness (QED) is 0.219. The number of Topliss-reactive ketones (excluding diaryl/α,β-unsaturated/α-hetero) is 2. The number of primary amides is 1. The number of non-ortho nitro benzene ring substituents is 1. The minimum absolute atomic E-state index is 0.131. The van der Waals surface area contributed by atoms with Crippen molar-refractivity contribution in [2.75, 3.05) is 19.0 Å². The predicted molar refractivity (Wildman–Crippen MR) is 137 cm³/mol. The number of carbonyl (C=O) groups excluding carboxylic acids is 3. The van der Waals surface area contributed by atoms with Gasteiger partial charge in [0.25, 0.3) is 11.6 Å². The number of rotatable bonds is 4. The summed E-state index contributed by atoms with van der Waals surface area (Å²) in [6, 6.07) is 7.09. The van der Waals surface area contributed by atoms with Crippen LogP contribution in [0, 0.1) is 34.8 Å². The number of phenols is 1. The Labute approximate surface area is 221 Å². The highest BCUT2D eigenvalue weighted by Gasteiger charge is 2.60. The average molecular weight is 533 g/mol. The van der Waals surface area contributed by atoms with Crippen LogP contribution in [-0.2, 0) is 14.4 Å². The molecule has 1 amide bonds. The molecular weight excluding hydrogens is 510 g/mol. The van der Waals surface area contributed by atoms with Gasteiger partial charge in [-0.2, -0.15) is 0 Å². The highest BCUT2D eigenvalue weighted by molar-refractivity contribution is 6.23. The van der Waals surface area contributed by atoms with Gasteiger partial charge in [-0.15, -0.1) is 0 Å². The number of carbonyl (C=O) groups is 3. The molecule has 3 atom stereocenters. The molecule has 2 unspecified atom stereocenters. The summed E-state index contributed by atoms with van der Waals surface area (Å²) in [6.45, 7) is 0. The van der Waals surface area contributed by atoms with Crippen LogP contribution in [0.25, 0.3) is 16.9 Å². The summed E-state index contributed by atoms with van der Waals surface area (Å²) in [5.41, 5.74) is 2.05. The van der Waals surface area contributed by atoms with Crippen molar-refractivity contribution in [3.8, 4) is 16.9 Å². The average Bonchev–Trinajstić information content (AvgIpc) is 2.86. The van der Waals surface area contributed by atoms with Gasteiger partial charge < -0.3 is 31.1 Å². The molecular formula is C27H23N3O9. The lowest BCUT2D eigenvalue weighted by atomic mass is 9.59. The summed E-state index contributed by atoms with van der Waals surface area (Å²) >= 11 is 0. The van der Waals surface area contributed by atoms with Crippen molar-refractivity contribution in [3.05, 3.63) is 81.3 Å². The van der Waals surface area contributed by atoms with Gasteiger partial charge in [-0.05, 0) is 23.6 Å². The van der Waals surface area contributed by atoms with Crippen LogP contribution in [0.2, 0.25) is 0 Å². The number of nitrogens with zero attached hydrogens (tertiary/aromatic N) is 2. The first-order valence-corrected chi connectivity index (χ1v) is 11.8. The first-order valence-electron chi connectivity index (χ1n) is 11.8. The number of phenolic OH excluding ortho intramolecular Hbond substituents is 1. The molecule has 2 aromatic rings. The number of nitro benzene ring substituents is 1. The second-order valence-electron chi connectivity index (χ2n) is 9.85. The van der Waals surface area contributed by atoms with Crippen LogP contribution in [0.4, 0.5) is 11.4 Å². The Balaban J connectivity index is 1.75. The molecule has 0 spiro atoms. The minimum atomic E-state index is -2.74. The van der Waals surface area contributed by atoms with E-state index in [4.69, 9.17) is 5.73 Å². The number of hydrogen-bond acceptors (Lipinski definition) is 10. The normalized spacial score (nSPS) is 24.2. The molecule has 3 aliphatic carbocycles. The molecule has 12 nitrogen and oxygen atoms in total. The number of benzene rings is 2. The van der Waals surface area contributed by atoms with Gasteiger partial charge in [0.2, 0.25) is 5.78 Å². The van der Waals surface area contributed by atoms with Crippen molar-refractivity contribution < 1.29 is 39.7 Å². The lowest BCUT2D eigenvalue weighted by Gasteiger charge is -2.46. The van der Waals surface area contributed by atoms with E-state index in [-0.39, 0.29) is 28.0 Å². The van der Waals surface area contributed by atoms with Crippen LogP contribution < -0.4 is 10.6 Å². The Kier molecular flexibility index (Phi) is 5.76. The van der Waals surface area contributed by atoms with Crippen molar-refractivity contribution in [1.82, 2.24) is 0 Å². The fourth-order valence-electron chi connectivity index (χ4n) is 5.57. The monoisotopic (exact) mass is 533 g/mol. The maximum atomic E-state index is 13.7. The van der Waals surface area contributed by atoms with Gasteiger partial charge in [0.05, 0.1) is 10.5 Å². The summed E-state index contributed by atoms with van der Waals surface area (Å²) in [4.78, 5) is 50.4. The molecule has 0 heterocycles. The van der Waals surface area contributed by atoms with Gasteiger partial charge in [-0.3, -0.25) is 24.5 Å². The number of hydrogen-bond donors (Lipinski definition) is 5. The molecule has 12 heteroatoms. The predicted octanol–water partition coefficient (Wildman–Crippen LogP) is 1.89. The van der Waals surface area contributed by atoms with Crippen LogP contribution in [0.3, 0.4) is 0 Å². The topological polar surface area (TPSA) is 205 Å². The third-order valence-electron chi connectivity index (χ3n) is 7.43. The van der Waals surface area contributed by atoms with E-state index in [1.807, 2.05) is 0 Å². The maximum absolute atomic E-state index is 13.7. The number of aliphatic hydroxyl groups excluding tert-OH is 2. The number of aliphatic hydroxyl groups is 3. The molecule has 0 aromatic heterocycles. The number of ketones is 2. The van der Waals surface area contributed by atoms with Gasteiger partial charge in [0.1, 0.15) is 22.8 Å². The second-order valence-corrected chi connectivity index (χ2v) is 9.85. The zero-order valence-electron chi connectivity index (χ0n) is 20.7. The van der Waals surface area contributed by atoms with E-state index in [9.17, 15) is 44.9 Å². The highest BCUT2D eigenvalue weighted by Crippen LogP contribution is 2.54. The standard InChI is InChI=1S/C27H23N3O9/c1-29(2)17-10-15(11-4-3-5-14(7-11)30(38)39)22(32)20-16(17)8-12-6-13-9-18(31)21(26(28)36)25(35)27(13,37)24(34)19(12)23(20)33/h3-8,10,12-13,32-33,35,37H,9H2,1-2H3,(H2,28,36)/t12?,13?,27-/m0/s1. The zero-order valence-corrected chi connectivity index (χ0v) is 20.7. The molecule has 5 rings (SSSR count). The van der Waals surface area contributed by atoms with Gasteiger partial charge in [-0.25, -0.2) is 0 Å². The van der Waals surface area contributed by atoms with Crippen LogP contribution in [0.1, 0.15) is 17.5 Å². The fraction of sp³-hybridized carbons (Fsp3) is 0.222. The number of anilines is 1. The van der Waals surface area contributed by atoms with E-state index in [0.717, 1.165) is 0 Å². The molecule has 39 heavy (non-hydrogen) atoms. The van der Waals surface area contributed by atoms with Crippen molar-refractivity contribution in [3.63, 3.8) is 0 Å². The maximum Gasteiger partial charge on any atom is 0.270 e. The number of fused-ring (bicyclic) bond motifs is 3. The summed E-state index contributed by atoms with van der Waals surface area (Å²) in [6.07, 6.45) is 2.52. The first-order chi connectivity index (χ1) is 18.3. The molecule has 1 saturated carbocycles. The largest absolute Gasteiger partial charge is 0.508 e. The second kappa shape index (κ2) is 8.67. The Hall–Kier alpha value is -4.71. The molecule has 200 valence electrons. The summed E-state index contributed by atoms with van der Waals surface area (Å²) in [5, 5.41) is 56.1. The van der Waals surface area contributed by atoms with Crippen molar-refractivity contribution in [1.29, 1.82) is 0 Å². The number of nitrogens with two attached hydrogens (primary N) is 1. The van der Waals surface area contributed by atoms with Crippen LogP contribution >= 0.6 is 0 Å². The van der Waals surface area contributed by atoms with E-state index >= 15 is 0 Å². The molecule has 1 fully saturated rings. The van der Waals surface area contributed by atoms with Crippen LogP contribution in [0.5, 0.6) is 5.75 Å². The van der Waals surface area contributed by atoms with Gasteiger partial charge in [0.15, 0.2) is 11.4 Å². The first kappa shape index (κ1) is 25.9.